The van der Waals surface area contributed by atoms with Crippen LogP contribution in [0.4, 0.5) is 5.82 Å². The van der Waals surface area contributed by atoms with Gasteiger partial charge in [-0.2, -0.15) is 0 Å². The monoisotopic (exact) mass is 295 g/mol. The van der Waals surface area contributed by atoms with Gasteiger partial charge >= 0.3 is 0 Å². The Balaban J connectivity index is 1.80. The van der Waals surface area contributed by atoms with Crippen LogP contribution in [0.1, 0.15) is 18.5 Å². The topological polar surface area (TPSA) is 42.2 Å². The maximum atomic E-state index is 6.16. The molecule has 3 atom stereocenters. The molecule has 1 aliphatic carbocycles. The third kappa shape index (κ3) is 1.97. The highest BCUT2D eigenvalue weighted by Crippen LogP contribution is 2.38. The van der Waals surface area contributed by atoms with Crippen LogP contribution in [-0.2, 0) is 0 Å². The fourth-order valence-electron chi connectivity index (χ4n) is 3.20. The van der Waals surface area contributed by atoms with Gasteiger partial charge in [-0.3, -0.25) is 0 Å². The molecule has 1 saturated carbocycles. The maximum absolute atomic E-state index is 6.16. The number of aromatic nitrogens is 1. The minimum Gasteiger partial charge on any atom is -0.356 e. The van der Waals surface area contributed by atoms with Crippen molar-refractivity contribution in [2.24, 2.45) is 17.6 Å². The van der Waals surface area contributed by atoms with E-state index in [0.717, 1.165) is 35.0 Å². The van der Waals surface area contributed by atoms with Crippen molar-refractivity contribution in [2.75, 3.05) is 18.0 Å². The first-order chi connectivity index (χ1) is 8.15. The minimum absolute atomic E-state index is 0.404. The van der Waals surface area contributed by atoms with Crippen molar-refractivity contribution in [1.82, 2.24) is 4.98 Å². The molecule has 2 N–H and O–H groups in total. The highest BCUT2D eigenvalue weighted by Gasteiger charge is 2.41. The van der Waals surface area contributed by atoms with Crippen LogP contribution >= 0.6 is 15.9 Å². The molecule has 2 heterocycles. The largest absolute Gasteiger partial charge is 0.356 e. The Morgan fingerprint density at radius 1 is 1.35 bits per heavy atom. The van der Waals surface area contributed by atoms with Gasteiger partial charge < -0.3 is 10.6 Å². The number of hydrogen-bond donors (Lipinski definition) is 1. The van der Waals surface area contributed by atoms with E-state index < -0.39 is 0 Å². The number of nitrogens with two attached hydrogens (primary N) is 1. The Kier molecular flexibility index (Phi) is 2.87. The summed E-state index contributed by atoms with van der Waals surface area (Å²) in [5, 5.41) is 0. The summed E-state index contributed by atoms with van der Waals surface area (Å²) in [4.78, 5) is 7.04. The van der Waals surface area contributed by atoms with Crippen LogP contribution in [0.25, 0.3) is 0 Å². The molecule has 3 unspecified atom stereocenters. The van der Waals surface area contributed by atoms with Crippen LogP contribution in [0, 0.1) is 18.8 Å². The van der Waals surface area contributed by atoms with Crippen LogP contribution in [0.2, 0.25) is 0 Å². The van der Waals surface area contributed by atoms with E-state index >= 15 is 0 Å². The van der Waals surface area contributed by atoms with Gasteiger partial charge in [0.25, 0.3) is 0 Å². The molecule has 4 heteroatoms. The number of aryl methyl sites for hydroxylation is 1. The SMILES string of the molecule is Cc1nc(N2CC3CCC(N)C3C2)ccc1Br. The van der Waals surface area contributed by atoms with Crippen LogP contribution in [0.3, 0.4) is 0 Å². The normalized spacial score (nSPS) is 31.9. The summed E-state index contributed by atoms with van der Waals surface area (Å²) in [5.74, 6) is 2.57. The first kappa shape index (κ1) is 11.5. The van der Waals surface area contributed by atoms with Crippen LogP contribution in [0.5, 0.6) is 0 Å². The predicted octanol–water partition coefficient (Wildman–Crippen LogP) is 2.33. The number of fused-ring (bicyclic) bond motifs is 1. The van der Waals surface area contributed by atoms with Gasteiger partial charge in [-0.1, -0.05) is 0 Å². The molecule has 3 rings (SSSR count). The summed E-state index contributed by atoms with van der Waals surface area (Å²) >= 11 is 3.50. The first-order valence-corrected chi connectivity index (χ1v) is 7.08. The Bertz CT molecular complexity index is 435. The third-order valence-corrected chi connectivity index (χ3v) is 5.08. The molecule has 92 valence electrons. The lowest BCUT2D eigenvalue weighted by Crippen LogP contribution is -2.30. The Hall–Kier alpha value is -0.610. The van der Waals surface area contributed by atoms with Crippen LogP contribution in [0.15, 0.2) is 16.6 Å². The summed E-state index contributed by atoms with van der Waals surface area (Å²) < 4.78 is 1.08. The summed E-state index contributed by atoms with van der Waals surface area (Å²) in [7, 11) is 0. The molecule has 0 spiro atoms. The smallest absolute Gasteiger partial charge is 0.128 e. The predicted molar refractivity (Wildman–Crippen MR) is 73.1 cm³/mol. The molecule has 0 bridgehead atoms. The molecule has 0 aromatic carbocycles. The Morgan fingerprint density at radius 2 is 2.18 bits per heavy atom. The van der Waals surface area contributed by atoms with Gasteiger partial charge in [-0.15, -0.1) is 0 Å². The van der Waals surface area contributed by atoms with Gasteiger partial charge in [0.15, 0.2) is 0 Å². The lowest BCUT2D eigenvalue weighted by Gasteiger charge is -2.20. The molecule has 1 aliphatic heterocycles. The number of nitrogens with zero attached hydrogens (tertiary/aromatic N) is 2. The van der Waals surface area contributed by atoms with Crippen LogP contribution in [-0.4, -0.2) is 24.1 Å². The molecular formula is C13H18BrN3. The second kappa shape index (κ2) is 4.25. The molecule has 2 aliphatic rings. The first-order valence-electron chi connectivity index (χ1n) is 6.29. The molecule has 0 amide bonds. The van der Waals surface area contributed by atoms with Gasteiger partial charge in [-0.05, 0) is 59.7 Å². The van der Waals surface area contributed by atoms with E-state index in [4.69, 9.17) is 5.73 Å². The lowest BCUT2D eigenvalue weighted by molar-refractivity contribution is 0.453. The number of hydrogen-bond acceptors (Lipinski definition) is 3. The van der Waals surface area contributed by atoms with Crippen LogP contribution < -0.4 is 10.6 Å². The fourth-order valence-corrected chi connectivity index (χ4v) is 3.42. The van der Waals surface area contributed by atoms with E-state index in [1.54, 1.807) is 0 Å². The number of pyridine rings is 1. The quantitative estimate of drug-likeness (QED) is 0.865. The van der Waals surface area contributed by atoms with Crippen molar-refractivity contribution in [3.8, 4) is 0 Å². The van der Waals surface area contributed by atoms with Crippen molar-refractivity contribution in [1.29, 1.82) is 0 Å². The summed E-state index contributed by atoms with van der Waals surface area (Å²) in [5.41, 5.74) is 7.22. The Labute approximate surface area is 111 Å². The van der Waals surface area contributed by atoms with Gasteiger partial charge in [-0.25, -0.2) is 4.98 Å². The fraction of sp³-hybridized carbons (Fsp3) is 0.615. The molecule has 2 fully saturated rings. The van der Waals surface area contributed by atoms with Crippen molar-refractivity contribution in [3.05, 3.63) is 22.3 Å². The van der Waals surface area contributed by atoms with Crippen molar-refractivity contribution in [3.63, 3.8) is 0 Å². The van der Waals surface area contributed by atoms with E-state index in [1.807, 2.05) is 6.92 Å². The average molecular weight is 296 g/mol. The minimum atomic E-state index is 0.404. The van der Waals surface area contributed by atoms with Gasteiger partial charge in [0.05, 0.1) is 5.69 Å². The van der Waals surface area contributed by atoms with Crippen molar-refractivity contribution >= 4 is 21.7 Å². The molecule has 1 aromatic heterocycles. The van der Waals surface area contributed by atoms with Crippen molar-refractivity contribution in [2.45, 2.75) is 25.8 Å². The molecule has 17 heavy (non-hydrogen) atoms. The van der Waals surface area contributed by atoms with E-state index in [1.165, 1.54) is 12.8 Å². The standard InChI is InChI=1S/C13H18BrN3/c1-8-11(14)3-5-13(16-8)17-6-9-2-4-12(15)10(9)7-17/h3,5,9-10,12H,2,4,6-7,15H2,1H3. The molecule has 1 saturated heterocycles. The third-order valence-electron chi connectivity index (χ3n) is 4.24. The molecule has 0 radical (unpaired) electrons. The zero-order valence-electron chi connectivity index (χ0n) is 10.1. The average Bonchev–Trinajstić information content (AvgIpc) is 2.86. The van der Waals surface area contributed by atoms with Gasteiger partial charge in [0, 0.05) is 23.6 Å². The van der Waals surface area contributed by atoms with E-state index in [0.29, 0.717) is 12.0 Å². The number of anilines is 1. The zero-order chi connectivity index (χ0) is 12.0. The second-order valence-corrected chi connectivity index (χ2v) is 6.16. The number of halogens is 1. The summed E-state index contributed by atoms with van der Waals surface area (Å²) in [6, 6.07) is 4.59. The molecule has 1 aromatic rings. The molecule has 3 nitrogen and oxygen atoms in total. The van der Waals surface area contributed by atoms with E-state index in [9.17, 15) is 0 Å². The summed E-state index contributed by atoms with van der Waals surface area (Å²) in [6.45, 7) is 4.25. The summed E-state index contributed by atoms with van der Waals surface area (Å²) in [6.07, 6.45) is 2.49. The highest BCUT2D eigenvalue weighted by atomic mass is 79.9. The number of rotatable bonds is 1. The lowest BCUT2D eigenvalue weighted by atomic mass is 9.98. The van der Waals surface area contributed by atoms with Crippen molar-refractivity contribution < 1.29 is 0 Å². The van der Waals surface area contributed by atoms with E-state index in [2.05, 4.69) is 37.9 Å². The van der Waals surface area contributed by atoms with Gasteiger partial charge in [0.1, 0.15) is 5.82 Å². The van der Waals surface area contributed by atoms with Gasteiger partial charge in [0.2, 0.25) is 0 Å². The maximum Gasteiger partial charge on any atom is 0.128 e. The Morgan fingerprint density at radius 3 is 2.88 bits per heavy atom. The molecular weight excluding hydrogens is 278 g/mol. The zero-order valence-corrected chi connectivity index (χ0v) is 11.7. The highest BCUT2D eigenvalue weighted by molar-refractivity contribution is 9.10. The second-order valence-electron chi connectivity index (χ2n) is 5.31. The van der Waals surface area contributed by atoms with E-state index in [-0.39, 0.29) is 0 Å².